The van der Waals surface area contributed by atoms with Crippen LogP contribution in [0.25, 0.3) is 0 Å². The Labute approximate surface area is 108 Å². The van der Waals surface area contributed by atoms with Crippen molar-refractivity contribution in [3.8, 4) is 0 Å². The molecule has 0 aromatic carbocycles. The summed E-state index contributed by atoms with van der Waals surface area (Å²) in [5.41, 5.74) is 0.224. The largest absolute Gasteiger partial charge is 0.480 e. The molecule has 6 heteroatoms. The third-order valence-electron chi connectivity index (χ3n) is 2.39. The number of aromatic nitrogens is 1. The van der Waals surface area contributed by atoms with E-state index in [4.69, 9.17) is 5.11 Å². The van der Waals surface area contributed by atoms with E-state index in [1.807, 2.05) is 0 Å². The highest BCUT2D eigenvalue weighted by molar-refractivity contribution is 9.10. The van der Waals surface area contributed by atoms with E-state index in [9.17, 15) is 9.59 Å². The number of pyridine rings is 1. The van der Waals surface area contributed by atoms with Crippen LogP contribution >= 0.6 is 15.9 Å². The van der Waals surface area contributed by atoms with Crippen molar-refractivity contribution >= 4 is 27.8 Å². The summed E-state index contributed by atoms with van der Waals surface area (Å²) in [6.45, 7) is 1.72. The van der Waals surface area contributed by atoms with E-state index in [1.165, 1.54) is 11.9 Å². The van der Waals surface area contributed by atoms with Crippen molar-refractivity contribution in [2.75, 3.05) is 7.05 Å². The number of hydrogen-bond acceptors (Lipinski definition) is 3. The number of rotatable bonds is 4. The fourth-order valence-corrected chi connectivity index (χ4v) is 1.81. The lowest BCUT2D eigenvalue weighted by Gasteiger charge is -2.23. The minimum Gasteiger partial charge on any atom is -0.480 e. The van der Waals surface area contributed by atoms with Crippen LogP contribution in [-0.2, 0) is 4.79 Å². The van der Waals surface area contributed by atoms with Gasteiger partial charge in [0.05, 0.1) is 0 Å². The van der Waals surface area contributed by atoms with Crippen LogP contribution < -0.4 is 0 Å². The molecule has 1 unspecified atom stereocenters. The lowest BCUT2D eigenvalue weighted by atomic mass is 10.2. The first-order chi connectivity index (χ1) is 7.97. The maximum absolute atomic E-state index is 12.0. The van der Waals surface area contributed by atoms with Gasteiger partial charge in [-0.25, -0.2) is 9.78 Å². The maximum atomic E-state index is 12.0. The summed E-state index contributed by atoms with van der Waals surface area (Å²) in [6, 6.07) is 4.10. The van der Waals surface area contributed by atoms with Crippen molar-refractivity contribution in [1.29, 1.82) is 0 Å². The molecule has 0 bridgehead atoms. The van der Waals surface area contributed by atoms with Gasteiger partial charge < -0.3 is 10.0 Å². The Morgan fingerprint density at radius 3 is 2.65 bits per heavy atom. The molecule has 5 nitrogen and oxygen atoms in total. The molecule has 1 heterocycles. The van der Waals surface area contributed by atoms with Gasteiger partial charge in [0.15, 0.2) is 0 Å². The van der Waals surface area contributed by atoms with Gasteiger partial charge in [-0.3, -0.25) is 4.79 Å². The predicted molar refractivity (Wildman–Crippen MR) is 65.7 cm³/mol. The topological polar surface area (TPSA) is 70.5 Å². The van der Waals surface area contributed by atoms with Crippen molar-refractivity contribution in [3.63, 3.8) is 0 Å². The van der Waals surface area contributed by atoms with Crippen LogP contribution in [0.15, 0.2) is 22.8 Å². The highest BCUT2D eigenvalue weighted by Crippen LogP contribution is 2.11. The summed E-state index contributed by atoms with van der Waals surface area (Å²) in [7, 11) is 1.47. The molecule has 1 aromatic rings. The fourth-order valence-electron chi connectivity index (χ4n) is 1.46. The van der Waals surface area contributed by atoms with Crippen LogP contribution in [0.2, 0.25) is 0 Å². The molecule has 1 N–H and O–H groups in total. The van der Waals surface area contributed by atoms with Gasteiger partial charge in [-0.1, -0.05) is 13.0 Å². The molecule has 1 rings (SSSR count). The third-order valence-corrected chi connectivity index (χ3v) is 2.84. The SMILES string of the molecule is CCC(C(=O)O)N(C)C(=O)c1cccc(Br)n1. The number of aliphatic carboxylic acids is 1. The average molecular weight is 301 g/mol. The minimum atomic E-state index is -1.02. The van der Waals surface area contributed by atoms with Crippen LogP contribution in [0, 0.1) is 0 Å². The van der Waals surface area contributed by atoms with E-state index in [1.54, 1.807) is 25.1 Å². The molecule has 0 saturated heterocycles. The number of nitrogens with zero attached hydrogens (tertiary/aromatic N) is 2. The van der Waals surface area contributed by atoms with Crippen molar-refractivity contribution < 1.29 is 14.7 Å². The molecule has 0 saturated carbocycles. The first-order valence-electron chi connectivity index (χ1n) is 5.10. The lowest BCUT2D eigenvalue weighted by Crippen LogP contribution is -2.42. The summed E-state index contributed by atoms with van der Waals surface area (Å²) in [5.74, 6) is -1.42. The van der Waals surface area contributed by atoms with Crippen molar-refractivity contribution in [2.24, 2.45) is 0 Å². The van der Waals surface area contributed by atoms with Crippen molar-refractivity contribution in [1.82, 2.24) is 9.88 Å². The first kappa shape index (κ1) is 13.6. The minimum absolute atomic E-state index is 0.224. The standard InChI is InChI=1S/C11H13BrN2O3/c1-3-8(11(16)17)14(2)10(15)7-5-4-6-9(12)13-7/h4-6,8H,3H2,1-2H3,(H,16,17). The van der Waals surface area contributed by atoms with Gasteiger partial charge in [0, 0.05) is 7.05 Å². The third kappa shape index (κ3) is 3.26. The Kier molecular flexibility index (Phi) is 4.62. The number of likely N-dealkylation sites (N-methyl/N-ethyl adjacent to an activating group) is 1. The van der Waals surface area contributed by atoms with Gasteiger partial charge in [-0.05, 0) is 34.5 Å². The molecule has 1 aromatic heterocycles. The number of carboxylic acids is 1. The fraction of sp³-hybridized carbons (Fsp3) is 0.364. The molecule has 0 aliphatic heterocycles. The molecule has 0 aliphatic carbocycles. The lowest BCUT2D eigenvalue weighted by molar-refractivity contribution is -0.142. The monoisotopic (exact) mass is 300 g/mol. The van der Waals surface area contributed by atoms with E-state index in [2.05, 4.69) is 20.9 Å². The van der Waals surface area contributed by atoms with E-state index in [-0.39, 0.29) is 5.69 Å². The molecule has 1 atom stereocenters. The van der Waals surface area contributed by atoms with E-state index in [0.717, 1.165) is 0 Å². The Hall–Kier alpha value is -1.43. The summed E-state index contributed by atoms with van der Waals surface area (Å²) >= 11 is 3.16. The van der Waals surface area contributed by atoms with E-state index in [0.29, 0.717) is 11.0 Å². The van der Waals surface area contributed by atoms with Gasteiger partial charge in [0.25, 0.3) is 5.91 Å². The molecule has 0 aliphatic rings. The van der Waals surface area contributed by atoms with Crippen molar-refractivity contribution in [3.05, 3.63) is 28.5 Å². The normalized spacial score (nSPS) is 11.9. The Balaban J connectivity index is 2.93. The van der Waals surface area contributed by atoms with Gasteiger partial charge in [0.1, 0.15) is 16.3 Å². The van der Waals surface area contributed by atoms with Crippen LogP contribution in [-0.4, -0.2) is 40.0 Å². The average Bonchev–Trinajstić information content (AvgIpc) is 2.28. The quantitative estimate of drug-likeness (QED) is 0.861. The summed E-state index contributed by atoms with van der Waals surface area (Å²) in [5, 5.41) is 8.97. The zero-order valence-corrected chi connectivity index (χ0v) is 11.1. The molecule has 1 amide bonds. The summed E-state index contributed by atoms with van der Waals surface area (Å²) in [4.78, 5) is 28.1. The summed E-state index contributed by atoms with van der Waals surface area (Å²) < 4.78 is 0.542. The highest BCUT2D eigenvalue weighted by Gasteiger charge is 2.26. The van der Waals surface area contributed by atoms with Crippen LogP contribution in [0.1, 0.15) is 23.8 Å². The number of carbonyl (C=O) groups is 2. The maximum Gasteiger partial charge on any atom is 0.326 e. The molecule has 0 spiro atoms. The molecular formula is C11H13BrN2O3. The molecule has 0 radical (unpaired) electrons. The second-order valence-corrected chi connectivity index (χ2v) is 4.34. The van der Waals surface area contributed by atoms with Crippen LogP contribution in [0.4, 0.5) is 0 Å². The summed E-state index contributed by atoms with van der Waals surface area (Å²) in [6.07, 6.45) is 0.353. The van der Waals surface area contributed by atoms with Gasteiger partial charge in [0.2, 0.25) is 0 Å². The first-order valence-corrected chi connectivity index (χ1v) is 5.89. The zero-order valence-electron chi connectivity index (χ0n) is 9.55. The van der Waals surface area contributed by atoms with Crippen LogP contribution in [0.5, 0.6) is 0 Å². The zero-order chi connectivity index (χ0) is 13.0. The number of halogens is 1. The van der Waals surface area contributed by atoms with E-state index < -0.39 is 17.9 Å². The predicted octanol–water partition coefficient (Wildman–Crippen LogP) is 1.78. The van der Waals surface area contributed by atoms with Gasteiger partial charge in [-0.2, -0.15) is 0 Å². The molecule has 17 heavy (non-hydrogen) atoms. The number of amides is 1. The van der Waals surface area contributed by atoms with Gasteiger partial charge >= 0.3 is 5.97 Å². The number of carboxylic acid groups (broad SMARTS) is 1. The van der Waals surface area contributed by atoms with E-state index >= 15 is 0 Å². The number of hydrogen-bond donors (Lipinski definition) is 1. The Bertz CT molecular complexity index is 436. The van der Waals surface area contributed by atoms with Crippen molar-refractivity contribution in [2.45, 2.75) is 19.4 Å². The molecule has 0 fully saturated rings. The van der Waals surface area contributed by atoms with Crippen LogP contribution in [0.3, 0.4) is 0 Å². The molecule has 92 valence electrons. The molecular weight excluding hydrogens is 288 g/mol. The van der Waals surface area contributed by atoms with Gasteiger partial charge in [-0.15, -0.1) is 0 Å². The second-order valence-electron chi connectivity index (χ2n) is 3.52. The smallest absolute Gasteiger partial charge is 0.326 e. The highest BCUT2D eigenvalue weighted by atomic mass is 79.9. The second kappa shape index (κ2) is 5.77. The number of carbonyl (C=O) groups excluding carboxylic acids is 1. The Morgan fingerprint density at radius 1 is 1.53 bits per heavy atom. The Morgan fingerprint density at radius 2 is 2.18 bits per heavy atom.